The van der Waals surface area contributed by atoms with Gasteiger partial charge < -0.3 is 4.57 Å². The SMILES string of the molecule is O=C(Cn1cc(C(F)(F)F)cc(Cl)c1=O)NNC(=O)CC12CC3CC(CC(C3)C1)C2. The number of rotatable bonds is 4. The molecule has 0 spiro atoms. The van der Waals surface area contributed by atoms with E-state index in [0.29, 0.717) is 41.0 Å². The average Bonchev–Trinajstić information content (AvgIpc) is 2.61. The third-order valence-corrected chi connectivity index (χ3v) is 7.00. The highest BCUT2D eigenvalue weighted by molar-refractivity contribution is 6.30. The van der Waals surface area contributed by atoms with Crippen LogP contribution in [0.25, 0.3) is 0 Å². The molecule has 0 radical (unpaired) electrons. The van der Waals surface area contributed by atoms with Crippen LogP contribution in [-0.2, 0) is 22.3 Å². The fourth-order valence-electron chi connectivity index (χ4n) is 6.10. The Morgan fingerprint density at radius 2 is 1.60 bits per heavy atom. The number of nitrogens with one attached hydrogen (secondary N) is 2. The first-order chi connectivity index (χ1) is 14.0. The van der Waals surface area contributed by atoms with Gasteiger partial charge in [-0.15, -0.1) is 0 Å². The minimum absolute atomic E-state index is 0.00490. The Balaban J connectivity index is 1.34. The lowest BCUT2D eigenvalue weighted by Crippen LogP contribution is -2.50. The van der Waals surface area contributed by atoms with Crippen molar-refractivity contribution in [2.75, 3.05) is 0 Å². The molecular formula is C20H23ClF3N3O3. The van der Waals surface area contributed by atoms with Crippen molar-refractivity contribution in [2.45, 2.75) is 57.7 Å². The Hall–Kier alpha value is -2.03. The van der Waals surface area contributed by atoms with E-state index >= 15 is 0 Å². The summed E-state index contributed by atoms with van der Waals surface area (Å²) in [5.74, 6) is 0.939. The number of pyridine rings is 1. The van der Waals surface area contributed by atoms with Crippen molar-refractivity contribution >= 4 is 23.4 Å². The van der Waals surface area contributed by atoms with Crippen molar-refractivity contribution in [1.29, 1.82) is 0 Å². The number of alkyl halides is 3. The van der Waals surface area contributed by atoms with E-state index in [1.165, 1.54) is 19.3 Å². The largest absolute Gasteiger partial charge is 0.417 e. The minimum Gasteiger partial charge on any atom is -0.304 e. The van der Waals surface area contributed by atoms with Gasteiger partial charge in [-0.1, -0.05) is 11.6 Å². The van der Waals surface area contributed by atoms with Crippen molar-refractivity contribution in [3.8, 4) is 0 Å². The average molecular weight is 446 g/mol. The number of aromatic nitrogens is 1. The zero-order chi connectivity index (χ0) is 21.7. The van der Waals surface area contributed by atoms with Crippen LogP contribution in [0.5, 0.6) is 0 Å². The zero-order valence-corrected chi connectivity index (χ0v) is 17.0. The monoisotopic (exact) mass is 445 g/mol. The lowest BCUT2D eigenvalue weighted by molar-refractivity contribution is -0.138. The second-order valence-electron chi connectivity index (χ2n) is 9.20. The van der Waals surface area contributed by atoms with E-state index in [1.54, 1.807) is 0 Å². The van der Waals surface area contributed by atoms with Crippen molar-refractivity contribution < 1.29 is 22.8 Å². The van der Waals surface area contributed by atoms with E-state index < -0.39 is 34.8 Å². The van der Waals surface area contributed by atoms with Gasteiger partial charge in [-0.25, -0.2) is 0 Å². The van der Waals surface area contributed by atoms with Gasteiger partial charge in [-0.2, -0.15) is 13.2 Å². The third-order valence-electron chi connectivity index (χ3n) is 6.73. The molecule has 1 aromatic rings. The summed E-state index contributed by atoms with van der Waals surface area (Å²) in [5.41, 5.74) is 2.49. The Bertz CT molecular complexity index is 893. The molecule has 0 atom stereocenters. The first-order valence-corrected chi connectivity index (χ1v) is 10.5. The van der Waals surface area contributed by atoms with Crippen molar-refractivity contribution in [3.63, 3.8) is 0 Å². The fraction of sp³-hybridized carbons (Fsp3) is 0.650. The van der Waals surface area contributed by atoms with Gasteiger partial charge in [0.15, 0.2) is 0 Å². The normalized spacial score (nSPS) is 29.7. The smallest absolute Gasteiger partial charge is 0.304 e. The van der Waals surface area contributed by atoms with Crippen LogP contribution in [0.15, 0.2) is 17.1 Å². The Labute approximate surface area is 176 Å². The highest BCUT2D eigenvalue weighted by atomic mass is 35.5. The quantitative estimate of drug-likeness (QED) is 0.698. The maximum atomic E-state index is 12.9. The molecule has 0 aromatic carbocycles. The van der Waals surface area contributed by atoms with Crippen LogP contribution in [0.3, 0.4) is 0 Å². The lowest BCUT2D eigenvalue weighted by Gasteiger charge is -2.56. The number of hydrazine groups is 1. The summed E-state index contributed by atoms with van der Waals surface area (Å²) < 4.78 is 39.3. The number of nitrogens with zero attached hydrogens (tertiary/aromatic N) is 1. The van der Waals surface area contributed by atoms with Crippen LogP contribution in [0, 0.1) is 23.2 Å². The van der Waals surface area contributed by atoms with Crippen LogP contribution >= 0.6 is 11.6 Å². The minimum atomic E-state index is -4.71. The molecule has 1 aromatic heterocycles. The first-order valence-electron chi connectivity index (χ1n) is 10.1. The number of hydrogen-bond acceptors (Lipinski definition) is 3. The molecule has 1 heterocycles. The van der Waals surface area contributed by atoms with Gasteiger partial charge >= 0.3 is 6.18 Å². The van der Waals surface area contributed by atoms with Crippen molar-refractivity contribution in [2.24, 2.45) is 23.2 Å². The van der Waals surface area contributed by atoms with Crippen LogP contribution in [0.1, 0.15) is 50.5 Å². The van der Waals surface area contributed by atoms with Crippen LogP contribution in [0.4, 0.5) is 13.2 Å². The molecule has 0 saturated heterocycles. The zero-order valence-electron chi connectivity index (χ0n) is 16.2. The highest BCUT2D eigenvalue weighted by Gasteiger charge is 2.51. The maximum absolute atomic E-state index is 12.9. The summed E-state index contributed by atoms with van der Waals surface area (Å²) in [5, 5.41) is -0.636. The topological polar surface area (TPSA) is 80.2 Å². The third kappa shape index (κ3) is 4.36. The van der Waals surface area contributed by atoms with Gasteiger partial charge in [0, 0.05) is 12.6 Å². The maximum Gasteiger partial charge on any atom is 0.417 e. The Morgan fingerprint density at radius 3 is 2.13 bits per heavy atom. The molecule has 4 saturated carbocycles. The van der Waals surface area contributed by atoms with Gasteiger partial charge in [0.25, 0.3) is 11.5 Å². The predicted molar refractivity (Wildman–Crippen MR) is 102 cm³/mol. The molecule has 6 nitrogen and oxygen atoms in total. The second-order valence-corrected chi connectivity index (χ2v) is 9.61. The summed E-state index contributed by atoms with van der Waals surface area (Å²) in [6.45, 7) is -0.694. The molecule has 4 bridgehead atoms. The number of halogens is 4. The standard InChI is InChI=1S/C20H23ClF3N3O3/c21-15-4-14(20(22,23)24)9-27(18(15)30)10-17(29)26-25-16(28)8-19-5-11-1-12(6-19)3-13(2-11)7-19/h4,9,11-13H,1-3,5-8,10H2,(H,25,28)(H,26,29). The Kier molecular flexibility index (Phi) is 5.36. The molecule has 4 aliphatic rings. The number of carbonyl (C=O) groups is 2. The van der Waals surface area contributed by atoms with Crippen LogP contribution in [-0.4, -0.2) is 16.4 Å². The van der Waals surface area contributed by atoms with Crippen LogP contribution < -0.4 is 16.4 Å². The van der Waals surface area contributed by atoms with Gasteiger partial charge in [-0.3, -0.25) is 25.2 Å². The summed E-state index contributed by atoms with van der Waals surface area (Å²) >= 11 is 5.57. The molecule has 2 N–H and O–H groups in total. The molecule has 10 heteroatoms. The second kappa shape index (κ2) is 7.59. The number of amides is 2. The van der Waals surface area contributed by atoms with Gasteiger partial charge in [0.1, 0.15) is 11.6 Å². The molecular weight excluding hydrogens is 423 g/mol. The predicted octanol–water partition coefficient (Wildman–Crippen LogP) is 3.27. The molecule has 4 aliphatic carbocycles. The van der Waals surface area contributed by atoms with E-state index in [1.807, 2.05) is 0 Å². The van der Waals surface area contributed by atoms with Crippen molar-refractivity contribution in [1.82, 2.24) is 15.4 Å². The van der Waals surface area contributed by atoms with E-state index in [-0.39, 0.29) is 11.3 Å². The van der Waals surface area contributed by atoms with Gasteiger partial charge in [0.05, 0.1) is 5.56 Å². The van der Waals surface area contributed by atoms with Gasteiger partial charge in [0.2, 0.25) is 5.91 Å². The summed E-state index contributed by atoms with van der Waals surface area (Å²) in [6, 6.07) is 0.519. The van der Waals surface area contributed by atoms with Crippen molar-refractivity contribution in [3.05, 3.63) is 33.2 Å². The lowest BCUT2D eigenvalue weighted by atomic mass is 9.49. The van der Waals surface area contributed by atoms with E-state index in [0.717, 1.165) is 19.3 Å². The highest BCUT2D eigenvalue weighted by Crippen LogP contribution is 2.61. The summed E-state index contributed by atoms with van der Waals surface area (Å²) in [4.78, 5) is 36.5. The first kappa shape index (κ1) is 21.2. The Morgan fingerprint density at radius 1 is 1.07 bits per heavy atom. The molecule has 164 valence electrons. The summed E-state index contributed by atoms with van der Waals surface area (Å²) in [6.07, 6.45) is 3.04. The molecule has 5 rings (SSSR count). The number of carbonyl (C=O) groups excluding carboxylic acids is 2. The number of hydrogen-bond donors (Lipinski definition) is 2. The molecule has 0 aliphatic heterocycles. The van der Waals surface area contributed by atoms with Crippen LogP contribution in [0.2, 0.25) is 5.02 Å². The summed E-state index contributed by atoms with van der Waals surface area (Å²) in [7, 11) is 0. The molecule has 30 heavy (non-hydrogen) atoms. The molecule has 0 unspecified atom stereocenters. The fourth-order valence-corrected chi connectivity index (χ4v) is 6.32. The molecule has 2 amide bonds. The van der Waals surface area contributed by atoms with Gasteiger partial charge in [-0.05, 0) is 67.8 Å². The van der Waals surface area contributed by atoms with E-state index in [9.17, 15) is 27.6 Å². The van der Waals surface area contributed by atoms with E-state index in [4.69, 9.17) is 11.6 Å². The van der Waals surface area contributed by atoms with E-state index in [2.05, 4.69) is 10.9 Å². The molecule has 4 fully saturated rings.